The van der Waals surface area contributed by atoms with Gasteiger partial charge in [0.05, 0.1) is 6.61 Å². The van der Waals surface area contributed by atoms with Crippen molar-refractivity contribution in [1.29, 1.82) is 0 Å². The van der Waals surface area contributed by atoms with Crippen LogP contribution in [0.25, 0.3) is 10.8 Å². The van der Waals surface area contributed by atoms with Gasteiger partial charge in [0.25, 0.3) is 5.91 Å². The molecule has 2 aromatic rings. The molecule has 2 aliphatic heterocycles. The molecule has 1 spiro atoms. The lowest BCUT2D eigenvalue weighted by Crippen LogP contribution is -2.38. The number of likely N-dealkylation sites (tertiary alicyclic amines) is 2. The Morgan fingerprint density at radius 2 is 2.00 bits per heavy atom. The third-order valence-corrected chi connectivity index (χ3v) is 6.02. The summed E-state index contributed by atoms with van der Waals surface area (Å²) in [6, 6.07) is 14.2. The van der Waals surface area contributed by atoms with Gasteiger partial charge in [0.1, 0.15) is 0 Å². The molecule has 0 saturated carbocycles. The molecule has 0 radical (unpaired) electrons. The maximum atomic E-state index is 13.1. The van der Waals surface area contributed by atoms with Crippen molar-refractivity contribution >= 4 is 16.7 Å². The van der Waals surface area contributed by atoms with Gasteiger partial charge in [-0.05, 0) is 36.4 Å². The maximum absolute atomic E-state index is 13.1. The summed E-state index contributed by atoms with van der Waals surface area (Å²) < 4.78 is 5.46. The molecule has 2 aromatic carbocycles. The fraction of sp³-hybridized carbons (Fsp3) is 0.476. The molecule has 2 atom stereocenters. The molecule has 4 nitrogen and oxygen atoms in total. The van der Waals surface area contributed by atoms with E-state index in [1.54, 1.807) is 7.11 Å². The number of rotatable bonds is 3. The lowest BCUT2D eigenvalue weighted by Gasteiger charge is -2.30. The van der Waals surface area contributed by atoms with Gasteiger partial charge in [-0.1, -0.05) is 30.3 Å². The van der Waals surface area contributed by atoms with Crippen molar-refractivity contribution in [2.24, 2.45) is 11.3 Å². The predicted molar refractivity (Wildman–Crippen MR) is 99.8 cm³/mol. The van der Waals surface area contributed by atoms with Gasteiger partial charge in [-0.2, -0.15) is 0 Å². The first kappa shape index (κ1) is 16.6. The number of fused-ring (bicyclic) bond motifs is 1. The second kappa shape index (κ2) is 6.43. The standard InChI is InChI=1S/C21H26N2O2/c1-22-12-19(13-25-2)21(14-22)9-10-23(15-21)20(24)18-8-7-16-5-3-4-6-17(16)11-18/h3-8,11,19H,9-10,12-15H2,1-2H3/t19-,21+/m0/s1. The Kier molecular flexibility index (Phi) is 4.26. The summed E-state index contributed by atoms with van der Waals surface area (Å²) in [5.41, 5.74) is 0.988. The van der Waals surface area contributed by atoms with Crippen LogP contribution >= 0.6 is 0 Å². The summed E-state index contributed by atoms with van der Waals surface area (Å²) in [4.78, 5) is 17.5. The van der Waals surface area contributed by atoms with Gasteiger partial charge in [0.2, 0.25) is 0 Å². The SMILES string of the molecule is COC[C@@H]1CN(C)C[C@@]12CCN(C(=O)c1ccc3ccccc3c1)C2. The second-order valence-electron chi connectivity index (χ2n) is 7.75. The molecule has 1 amide bonds. The first-order chi connectivity index (χ1) is 12.1. The summed E-state index contributed by atoms with van der Waals surface area (Å²) in [5.74, 6) is 0.672. The number of hydrogen-bond donors (Lipinski definition) is 0. The second-order valence-corrected chi connectivity index (χ2v) is 7.75. The van der Waals surface area contributed by atoms with Crippen LogP contribution in [-0.2, 0) is 4.74 Å². The monoisotopic (exact) mass is 338 g/mol. The highest BCUT2D eigenvalue weighted by Crippen LogP contribution is 2.43. The molecule has 2 heterocycles. The van der Waals surface area contributed by atoms with Gasteiger partial charge < -0.3 is 14.5 Å². The molecule has 0 aromatic heterocycles. The van der Waals surface area contributed by atoms with Crippen molar-refractivity contribution in [3.8, 4) is 0 Å². The van der Waals surface area contributed by atoms with Crippen molar-refractivity contribution in [2.75, 3.05) is 46.9 Å². The van der Waals surface area contributed by atoms with E-state index < -0.39 is 0 Å². The molecule has 4 heteroatoms. The summed E-state index contributed by atoms with van der Waals surface area (Å²) in [6.45, 7) is 4.59. The minimum absolute atomic E-state index is 0.161. The Hall–Kier alpha value is -1.91. The van der Waals surface area contributed by atoms with Gasteiger partial charge in [-0.15, -0.1) is 0 Å². The molecule has 0 N–H and O–H groups in total. The van der Waals surface area contributed by atoms with E-state index in [1.165, 1.54) is 5.39 Å². The van der Waals surface area contributed by atoms with E-state index >= 15 is 0 Å². The van der Waals surface area contributed by atoms with E-state index in [-0.39, 0.29) is 11.3 Å². The van der Waals surface area contributed by atoms with E-state index in [0.29, 0.717) is 5.92 Å². The third-order valence-electron chi connectivity index (χ3n) is 6.02. The van der Waals surface area contributed by atoms with Gasteiger partial charge in [0.15, 0.2) is 0 Å². The summed E-state index contributed by atoms with van der Waals surface area (Å²) in [6.07, 6.45) is 1.07. The molecule has 2 fully saturated rings. The highest BCUT2D eigenvalue weighted by molar-refractivity contribution is 5.98. The number of hydrogen-bond acceptors (Lipinski definition) is 3. The minimum Gasteiger partial charge on any atom is -0.384 e. The van der Waals surface area contributed by atoms with E-state index in [0.717, 1.165) is 50.2 Å². The molecular weight excluding hydrogens is 312 g/mol. The molecule has 25 heavy (non-hydrogen) atoms. The molecule has 132 valence electrons. The van der Waals surface area contributed by atoms with Crippen molar-refractivity contribution in [2.45, 2.75) is 6.42 Å². The maximum Gasteiger partial charge on any atom is 0.253 e. The van der Waals surface area contributed by atoms with Gasteiger partial charge in [0, 0.05) is 50.2 Å². The first-order valence-corrected chi connectivity index (χ1v) is 9.07. The van der Waals surface area contributed by atoms with Gasteiger partial charge in [-0.25, -0.2) is 0 Å². The lowest BCUT2D eigenvalue weighted by molar-refractivity contribution is 0.0716. The number of benzene rings is 2. The van der Waals surface area contributed by atoms with Gasteiger partial charge in [-0.3, -0.25) is 4.79 Å². The molecule has 0 aliphatic carbocycles. The molecule has 2 saturated heterocycles. The van der Waals surface area contributed by atoms with Crippen LogP contribution in [0.3, 0.4) is 0 Å². The highest BCUT2D eigenvalue weighted by atomic mass is 16.5. The van der Waals surface area contributed by atoms with Crippen molar-refractivity contribution in [3.63, 3.8) is 0 Å². The summed E-state index contributed by atoms with van der Waals surface area (Å²) >= 11 is 0. The van der Waals surface area contributed by atoms with E-state index in [2.05, 4.69) is 24.1 Å². The normalized spacial score (nSPS) is 26.8. The van der Waals surface area contributed by atoms with E-state index in [9.17, 15) is 4.79 Å². The topological polar surface area (TPSA) is 32.8 Å². The summed E-state index contributed by atoms with van der Waals surface area (Å²) in [7, 11) is 3.95. The van der Waals surface area contributed by atoms with Crippen molar-refractivity contribution in [3.05, 3.63) is 48.0 Å². The molecule has 4 rings (SSSR count). The fourth-order valence-electron chi connectivity index (χ4n) is 4.77. The number of ether oxygens (including phenoxy) is 1. The van der Waals surface area contributed by atoms with Crippen LogP contribution in [0.15, 0.2) is 42.5 Å². The van der Waals surface area contributed by atoms with Crippen molar-refractivity contribution < 1.29 is 9.53 Å². The molecule has 2 aliphatic rings. The number of amides is 1. The first-order valence-electron chi connectivity index (χ1n) is 9.07. The van der Waals surface area contributed by atoms with E-state index in [4.69, 9.17) is 4.74 Å². The number of nitrogens with zero attached hydrogens (tertiary/aromatic N) is 2. The summed E-state index contributed by atoms with van der Waals surface area (Å²) in [5, 5.41) is 2.30. The number of carbonyl (C=O) groups is 1. The third kappa shape index (κ3) is 2.94. The number of carbonyl (C=O) groups excluding carboxylic acids is 1. The van der Waals surface area contributed by atoms with E-state index in [1.807, 2.05) is 35.2 Å². The highest BCUT2D eigenvalue weighted by Gasteiger charge is 2.50. The van der Waals surface area contributed by atoms with Crippen LogP contribution in [0.5, 0.6) is 0 Å². The Bertz CT molecular complexity index is 790. The van der Waals surface area contributed by atoms with Crippen LogP contribution in [0.1, 0.15) is 16.8 Å². The van der Waals surface area contributed by atoms with Crippen LogP contribution in [0.4, 0.5) is 0 Å². The number of methoxy groups -OCH3 is 1. The Labute approximate surface area is 149 Å². The van der Waals surface area contributed by atoms with Gasteiger partial charge >= 0.3 is 0 Å². The smallest absolute Gasteiger partial charge is 0.253 e. The Morgan fingerprint density at radius 3 is 2.80 bits per heavy atom. The Morgan fingerprint density at radius 1 is 1.20 bits per heavy atom. The zero-order valence-electron chi connectivity index (χ0n) is 15.1. The van der Waals surface area contributed by atoms with Crippen molar-refractivity contribution in [1.82, 2.24) is 9.80 Å². The predicted octanol–water partition coefficient (Wildman–Crippen LogP) is 2.88. The quantitative estimate of drug-likeness (QED) is 0.863. The zero-order chi connectivity index (χ0) is 17.4. The van der Waals surface area contributed by atoms with Crippen LogP contribution in [0, 0.1) is 11.3 Å². The van der Waals surface area contributed by atoms with Crippen LogP contribution in [0.2, 0.25) is 0 Å². The lowest BCUT2D eigenvalue weighted by atomic mass is 9.77. The largest absolute Gasteiger partial charge is 0.384 e. The Balaban J connectivity index is 1.55. The zero-order valence-corrected chi connectivity index (χ0v) is 15.1. The average Bonchev–Trinajstić information content (AvgIpc) is 3.18. The minimum atomic E-state index is 0.161. The van der Waals surface area contributed by atoms with Crippen LogP contribution < -0.4 is 0 Å². The molecule has 0 unspecified atom stereocenters. The molecule has 0 bridgehead atoms. The van der Waals surface area contributed by atoms with Crippen LogP contribution in [-0.4, -0.2) is 62.7 Å². The fourth-order valence-corrected chi connectivity index (χ4v) is 4.77. The molecular formula is C21H26N2O2. The average molecular weight is 338 g/mol.